The highest BCUT2D eigenvalue weighted by Gasteiger charge is 2.30. The van der Waals surface area contributed by atoms with Crippen LogP contribution in [-0.4, -0.2) is 53.6 Å². The van der Waals surface area contributed by atoms with Gasteiger partial charge in [0.25, 0.3) is 0 Å². The van der Waals surface area contributed by atoms with Crippen molar-refractivity contribution in [1.29, 1.82) is 0 Å². The van der Waals surface area contributed by atoms with E-state index in [1.807, 2.05) is 0 Å². The molecule has 1 saturated carbocycles. The van der Waals surface area contributed by atoms with Crippen molar-refractivity contribution in [3.63, 3.8) is 0 Å². The smallest absolute Gasteiger partial charge is 0.321 e. The van der Waals surface area contributed by atoms with Crippen molar-refractivity contribution in [2.75, 3.05) is 19.6 Å². The summed E-state index contributed by atoms with van der Waals surface area (Å²) in [5.74, 6) is -1.33. The molecule has 7 nitrogen and oxygen atoms in total. The van der Waals surface area contributed by atoms with Gasteiger partial charge in [-0.2, -0.15) is 0 Å². The molecular formula is C12H19N3O4. The molecule has 0 saturated heterocycles. The van der Waals surface area contributed by atoms with E-state index in [9.17, 15) is 14.4 Å². The van der Waals surface area contributed by atoms with E-state index in [2.05, 4.69) is 17.2 Å². The van der Waals surface area contributed by atoms with Gasteiger partial charge in [0.1, 0.15) is 0 Å². The molecular weight excluding hydrogens is 250 g/mol. The number of carboxylic acid groups (broad SMARTS) is 1. The van der Waals surface area contributed by atoms with Gasteiger partial charge < -0.3 is 10.4 Å². The monoisotopic (exact) mass is 269 g/mol. The van der Waals surface area contributed by atoms with E-state index in [0.717, 1.165) is 12.8 Å². The predicted octanol–water partition coefficient (Wildman–Crippen LogP) is -0.0627. The van der Waals surface area contributed by atoms with Gasteiger partial charge in [-0.25, -0.2) is 4.79 Å². The second-order valence-corrected chi connectivity index (χ2v) is 4.39. The number of urea groups is 1. The molecule has 0 radical (unpaired) electrons. The molecule has 0 bridgehead atoms. The number of nitrogens with zero attached hydrogens (tertiary/aromatic N) is 1. The Bertz CT molecular complexity index is 366. The zero-order chi connectivity index (χ0) is 14.3. The lowest BCUT2D eigenvalue weighted by atomic mass is 10.3. The van der Waals surface area contributed by atoms with Gasteiger partial charge in [-0.1, -0.05) is 6.08 Å². The van der Waals surface area contributed by atoms with Gasteiger partial charge in [0, 0.05) is 19.1 Å². The number of hydrogen-bond donors (Lipinski definition) is 3. The SMILES string of the molecule is C=CCNC(=O)NC(=O)CN(CCC(=O)O)C1CC1. The Kier molecular flexibility index (Phi) is 6.01. The molecule has 1 rings (SSSR count). The predicted molar refractivity (Wildman–Crippen MR) is 68.6 cm³/mol. The summed E-state index contributed by atoms with van der Waals surface area (Å²) < 4.78 is 0. The summed E-state index contributed by atoms with van der Waals surface area (Å²) in [7, 11) is 0. The van der Waals surface area contributed by atoms with Crippen LogP contribution in [0.5, 0.6) is 0 Å². The van der Waals surface area contributed by atoms with Crippen molar-refractivity contribution < 1.29 is 19.5 Å². The summed E-state index contributed by atoms with van der Waals surface area (Å²) >= 11 is 0. The Morgan fingerprint density at radius 1 is 1.37 bits per heavy atom. The van der Waals surface area contributed by atoms with Crippen molar-refractivity contribution in [2.45, 2.75) is 25.3 Å². The van der Waals surface area contributed by atoms with Crippen LogP contribution >= 0.6 is 0 Å². The third kappa shape index (κ3) is 6.56. The maximum absolute atomic E-state index is 11.6. The Hall–Kier alpha value is -1.89. The molecule has 3 N–H and O–H groups in total. The first-order valence-electron chi connectivity index (χ1n) is 6.17. The second kappa shape index (κ2) is 7.52. The average Bonchev–Trinajstić information content (AvgIpc) is 3.15. The van der Waals surface area contributed by atoms with E-state index in [4.69, 9.17) is 5.11 Å². The molecule has 106 valence electrons. The Morgan fingerprint density at radius 3 is 2.58 bits per heavy atom. The van der Waals surface area contributed by atoms with Crippen LogP contribution in [0.4, 0.5) is 4.79 Å². The van der Waals surface area contributed by atoms with Crippen molar-refractivity contribution >= 4 is 17.9 Å². The number of hydrogen-bond acceptors (Lipinski definition) is 4. The fourth-order valence-corrected chi connectivity index (χ4v) is 1.63. The van der Waals surface area contributed by atoms with E-state index < -0.39 is 17.9 Å². The number of nitrogens with one attached hydrogen (secondary N) is 2. The summed E-state index contributed by atoms with van der Waals surface area (Å²) in [5.41, 5.74) is 0. The highest BCUT2D eigenvalue weighted by atomic mass is 16.4. The first-order chi connectivity index (χ1) is 9.02. The van der Waals surface area contributed by atoms with Gasteiger partial charge in [-0.3, -0.25) is 19.8 Å². The molecule has 3 amide bonds. The number of aliphatic carboxylic acids is 1. The summed E-state index contributed by atoms with van der Waals surface area (Å²) in [6.45, 7) is 4.09. The zero-order valence-corrected chi connectivity index (χ0v) is 10.7. The third-order valence-electron chi connectivity index (χ3n) is 2.68. The van der Waals surface area contributed by atoms with Crippen molar-refractivity contribution in [2.24, 2.45) is 0 Å². The van der Waals surface area contributed by atoms with Gasteiger partial charge in [-0.05, 0) is 12.8 Å². The van der Waals surface area contributed by atoms with Crippen molar-refractivity contribution in [1.82, 2.24) is 15.5 Å². The highest BCUT2D eigenvalue weighted by molar-refractivity contribution is 5.95. The quantitative estimate of drug-likeness (QED) is 0.536. The Morgan fingerprint density at radius 2 is 2.05 bits per heavy atom. The molecule has 0 aromatic rings. The van der Waals surface area contributed by atoms with Gasteiger partial charge in [-0.15, -0.1) is 6.58 Å². The summed E-state index contributed by atoms with van der Waals surface area (Å²) in [5, 5.41) is 13.3. The van der Waals surface area contributed by atoms with Gasteiger partial charge in [0.15, 0.2) is 0 Å². The molecule has 7 heteroatoms. The minimum atomic E-state index is -0.894. The normalized spacial score (nSPS) is 13.9. The van der Waals surface area contributed by atoms with Crippen LogP contribution in [0, 0.1) is 0 Å². The molecule has 0 aromatic carbocycles. The minimum Gasteiger partial charge on any atom is -0.481 e. The van der Waals surface area contributed by atoms with E-state index in [1.165, 1.54) is 6.08 Å². The summed E-state index contributed by atoms with van der Waals surface area (Å²) in [4.78, 5) is 35.2. The molecule has 0 aliphatic heterocycles. The lowest BCUT2D eigenvalue weighted by Gasteiger charge is -2.20. The van der Waals surface area contributed by atoms with Crippen LogP contribution in [0.1, 0.15) is 19.3 Å². The van der Waals surface area contributed by atoms with E-state index >= 15 is 0 Å². The molecule has 0 atom stereocenters. The number of carbonyl (C=O) groups excluding carboxylic acids is 2. The molecule has 0 aromatic heterocycles. The first kappa shape index (κ1) is 15.2. The van der Waals surface area contributed by atoms with Crippen LogP contribution in [-0.2, 0) is 9.59 Å². The van der Waals surface area contributed by atoms with Crippen molar-refractivity contribution in [3.05, 3.63) is 12.7 Å². The van der Waals surface area contributed by atoms with Crippen LogP contribution in [0.3, 0.4) is 0 Å². The minimum absolute atomic E-state index is 0.00750. The van der Waals surface area contributed by atoms with E-state index in [-0.39, 0.29) is 25.6 Å². The third-order valence-corrected chi connectivity index (χ3v) is 2.68. The molecule has 0 spiro atoms. The fraction of sp³-hybridized carbons (Fsp3) is 0.583. The maximum Gasteiger partial charge on any atom is 0.321 e. The molecule has 19 heavy (non-hydrogen) atoms. The van der Waals surface area contributed by atoms with Gasteiger partial charge >= 0.3 is 12.0 Å². The van der Waals surface area contributed by atoms with E-state index in [0.29, 0.717) is 6.54 Å². The number of rotatable bonds is 8. The van der Waals surface area contributed by atoms with Crippen LogP contribution in [0.2, 0.25) is 0 Å². The van der Waals surface area contributed by atoms with Gasteiger partial charge in [0.2, 0.25) is 5.91 Å². The van der Waals surface area contributed by atoms with E-state index in [1.54, 1.807) is 4.90 Å². The lowest BCUT2D eigenvalue weighted by Crippen LogP contribution is -2.45. The topological polar surface area (TPSA) is 98.7 Å². The average molecular weight is 269 g/mol. The molecule has 0 heterocycles. The van der Waals surface area contributed by atoms with Crippen LogP contribution in [0.15, 0.2) is 12.7 Å². The summed E-state index contributed by atoms with van der Waals surface area (Å²) in [6, 6.07) is -0.305. The Balaban J connectivity index is 2.32. The number of imide groups is 1. The fourth-order valence-electron chi connectivity index (χ4n) is 1.63. The molecule has 1 aliphatic carbocycles. The van der Waals surface area contributed by atoms with Crippen molar-refractivity contribution in [3.8, 4) is 0 Å². The molecule has 1 fully saturated rings. The standard InChI is InChI=1S/C12H19N3O4/c1-2-6-13-12(19)14-10(16)8-15(9-3-4-9)7-5-11(17)18/h2,9H,1,3-8H2,(H,17,18)(H2,13,14,16,19). The molecule has 1 aliphatic rings. The largest absolute Gasteiger partial charge is 0.481 e. The summed E-state index contributed by atoms with van der Waals surface area (Å²) in [6.07, 6.45) is 3.44. The molecule has 0 unspecified atom stereocenters. The second-order valence-electron chi connectivity index (χ2n) is 4.39. The van der Waals surface area contributed by atoms with Crippen LogP contribution < -0.4 is 10.6 Å². The zero-order valence-electron chi connectivity index (χ0n) is 10.7. The van der Waals surface area contributed by atoms with Crippen LogP contribution in [0.25, 0.3) is 0 Å². The maximum atomic E-state index is 11.6. The number of carboxylic acids is 1. The Labute approximate surface area is 111 Å². The highest BCUT2D eigenvalue weighted by Crippen LogP contribution is 2.26. The van der Waals surface area contributed by atoms with Gasteiger partial charge in [0.05, 0.1) is 13.0 Å². The lowest BCUT2D eigenvalue weighted by molar-refractivity contribution is -0.137. The number of amides is 3. The number of carbonyl (C=O) groups is 3. The first-order valence-corrected chi connectivity index (χ1v) is 6.17.